The summed E-state index contributed by atoms with van der Waals surface area (Å²) in [4.78, 5) is 6.34. The number of hydrogen-bond donors (Lipinski definition) is 0. The molecule has 1 aliphatic rings. The zero-order chi connectivity index (χ0) is 12.1. The largest absolute Gasteiger partial charge is 0.295 e. The molecule has 1 aromatic rings. The number of rotatable bonds is 5. The molecule has 0 N–H and O–H groups in total. The molecule has 2 rings (SSSR count). The lowest BCUT2D eigenvalue weighted by molar-refractivity contribution is 0.260. The molecule has 0 aromatic carbocycles. The van der Waals surface area contributed by atoms with E-state index in [4.69, 9.17) is 10.5 Å². The fraction of sp³-hybridized carbons (Fsp3) is 0.462. The van der Waals surface area contributed by atoms with Crippen molar-refractivity contribution in [2.75, 3.05) is 6.54 Å². The van der Waals surface area contributed by atoms with E-state index in [1.807, 2.05) is 12.1 Å². The minimum Gasteiger partial charge on any atom is -0.295 e. The van der Waals surface area contributed by atoms with Gasteiger partial charge in [0.1, 0.15) is 11.8 Å². The molecule has 1 saturated carbocycles. The van der Waals surface area contributed by atoms with E-state index in [0.29, 0.717) is 18.2 Å². The SMILES string of the molecule is N#CCCN(Cc1cccnc1C#N)C1CC1. The Morgan fingerprint density at radius 3 is 2.88 bits per heavy atom. The maximum Gasteiger partial charge on any atom is 0.144 e. The predicted molar refractivity (Wildman–Crippen MR) is 62.6 cm³/mol. The fourth-order valence-corrected chi connectivity index (χ4v) is 1.91. The van der Waals surface area contributed by atoms with Crippen molar-refractivity contribution in [1.82, 2.24) is 9.88 Å². The van der Waals surface area contributed by atoms with E-state index < -0.39 is 0 Å². The van der Waals surface area contributed by atoms with Crippen molar-refractivity contribution in [2.45, 2.75) is 31.8 Å². The molecule has 17 heavy (non-hydrogen) atoms. The van der Waals surface area contributed by atoms with Gasteiger partial charge in [-0.05, 0) is 18.9 Å². The highest BCUT2D eigenvalue weighted by Gasteiger charge is 2.28. The van der Waals surface area contributed by atoms with Gasteiger partial charge in [-0.1, -0.05) is 6.07 Å². The maximum atomic E-state index is 8.98. The van der Waals surface area contributed by atoms with Crippen molar-refractivity contribution < 1.29 is 0 Å². The number of aromatic nitrogens is 1. The van der Waals surface area contributed by atoms with Gasteiger partial charge in [0.25, 0.3) is 0 Å². The van der Waals surface area contributed by atoms with Crippen molar-refractivity contribution in [2.24, 2.45) is 0 Å². The smallest absolute Gasteiger partial charge is 0.144 e. The van der Waals surface area contributed by atoms with Gasteiger partial charge < -0.3 is 0 Å². The van der Waals surface area contributed by atoms with Crippen LogP contribution in [0.4, 0.5) is 0 Å². The number of nitrogens with zero attached hydrogens (tertiary/aromatic N) is 4. The highest BCUT2D eigenvalue weighted by Crippen LogP contribution is 2.28. The van der Waals surface area contributed by atoms with Crippen LogP contribution in [0.15, 0.2) is 18.3 Å². The lowest BCUT2D eigenvalue weighted by atomic mass is 10.2. The first-order valence-corrected chi connectivity index (χ1v) is 5.80. The molecule has 86 valence electrons. The molecule has 4 heteroatoms. The van der Waals surface area contributed by atoms with E-state index in [9.17, 15) is 0 Å². The standard InChI is InChI=1S/C13H14N4/c14-6-2-8-17(12-4-5-12)10-11-3-1-7-16-13(11)9-15/h1,3,7,12H,2,4-5,8,10H2. The molecule has 1 fully saturated rings. The average molecular weight is 226 g/mol. The molecule has 1 aliphatic carbocycles. The Kier molecular flexibility index (Phi) is 3.69. The van der Waals surface area contributed by atoms with Gasteiger partial charge in [-0.25, -0.2) is 4.98 Å². The quantitative estimate of drug-likeness (QED) is 0.768. The van der Waals surface area contributed by atoms with Crippen LogP contribution in [-0.2, 0) is 6.54 Å². The van der Waals surface area contributed by atoms with Crippen LogP contribution in [0.1, 0.15) is 30.5 Å². The van der Waals surface area contributed by atoms with Crippen molar-refractivity contribution >= 4 is 0 Å². The van der Waals surface area contributed by atoms with E-state index in [1.165, 1.54) is 12.8 Å². The van der Waals surface area contributed by atoms with Gasteiger partial charge in [-0.15, -0.1) is 0 Å². The van der Waals surface area contributed by atoms with E-state index in [2.05, 4.69) is 22.0 Å². The Morgan fingerprint density at radius 1 is 1.41 bits per heavy atom. The molecule has 0 atom stereocenters. The van der Waals surface area contributed by atoms with Crippen LogP contribution in [0.2, 0.25) is 0 Å². The Hall–Kier alpha value is -1.91. The van der Waals surface area contributed by atoms with Crippen molar-refractivity contribution in [3.05, 3.63) is 29.6 Å². The Morgan fingerprint density at radius 2 is 2.24 bits per heavy atom. The summed E-state index contributed by atoms with van der Waals surface area (Å²) in [5, 5.41) is 17.6. The first-order chi connectivity index (χ1) is 8.35. The van der Waals surface area contributed by atoms with Crippen molar-refractivity contribution in [3.63, 3.8) is 0 Å². The third-order valence-electron chi connectivity index (χ3n) is 2.94. The van der Waals surface area contributed by atoms with Crippen molar-refractivity contribution in [1.29, 1.82) is 10.5 Å². The van der Waals surface area contributed by atoms with Gasteiger partial charge in [0.15, 0.2) is 0 Å². The van der Waals surface area contributed by atoms with Crippen LogP contribution in [0.5, 0.6) is 0 Å². The Labute approximate surface area is 101 Å². The molecule has 0 bridgehead atoms. The summed E-state index contributed by atoms with van der Waals surface area (Å²) in [7, 11) is 0. The normalized spacial score (nSPS) is 14.3. The highest BCUT2D eigenvalue weighted by atomic mass is 15.2. The second kappa shape index (κ2) is 5.43. The summed E-state index contributed by atoms with van der Waals surface area (Å²) in [6.45, 7) is 1.50. The zero-order valence-electron chi connectivity index (χ0n) is 9.63. The summed E-state index contributed by atoms with van der Waals surface area (Å²) >= 11 is 0. The van der Waals surface area contributed by atoms with Crippen molar-refractivity contribution in [3.8, 4) is 12.1 Å². The minimum atomic E-state index is 0.495. The van der Waals surface area contributed by atoms with Gasteiger partial charge in [0.2, 0.25) is 0 Å². The van der Waals surface area contributed by atoms with Crippen LogP contribution in [0, 0.1) is 22.7 Å². The molecular formula is C13H14N4. The third kappa shape index (κ3) is 3.03. The van der Waals surface area contributed by atoms with E-state index in [0.717, 1.165) is 18.7 Å². The topological polar surface area (TPSA) is 63.7 Å². The van der Waals surface area contributed by atoms with Gasteiger partial charge in [-0.2, -0.15) is 10.5 Å². The molecule has 0 spiro atoms. The average Bonchev–Trinajstić information content (AvgIpc) is 3.19. The van der Waals surface area contributed by atoms with Crippen LogP contribution in [0.3, 0.4) is 0 Å². The Balaban J connectivity index is 2.07. The minimum absolute atomic E-state index is 0.495. The molecule has 1 aromatic heterocycles. The van der Waals surface area contributed by atoms with Crippen LogP contribution < -0.4 is 0 Å². The third-order valence-corrected chi connectivity index (χ3v) is 2.94. The van der Waals surface area contributed by atoms with Gasteiger partial charge in [0.05, 0.1) is 6.07 Å². The first kappa shape index (κ1) is 11.6. The van der Waals surface area contributed by atoms with E-state index in [1.54, 1.807) is 6.20 Å². The summed E-state index contributed by atoms with van der Waals surface area (Å²) in [6.07, 6.45) is 4.58. The predicted octanol–water partition coefficient (Wildman–Crippen LogP) is 1.83. The molecule has 1 heterocycles. The van der Waals surface area contributed by atoms with E-state index >= 15 is 0 Å². The summed E-state index contributed by atoms with van der Waals surface area (Å²) in [5.41, 5.74) is 1.45. The Bertz CT molecular complexity index is 465. The number of hydrogen-bond acceptors (Lipinski definition) is 4. The van der Waals surface area contributed by atoms with Crippen LogP contribution in [0.25, 0.3) is 0 Å². The fourth-order valence-electron chi connectivity index (χ4n) is 1.91. The second-order valence-electron chi connectivity index (χ2n) is 4.23. The molecule has 0 aliphatic heterocycles. The first-order valence-electron chi connectivity index (χ1n) is 5.80. The monoisotopic (exact) mass is 226 g/mol. The molecule has 0 radical (unpaired) electrons. The zero-order valence-corrected chi connectivity index (χ0v) is 9.63. The van der Waals surface area contributed by atoms with Crippen LogP contribution in [-0.4, -0.2) is 22.5 Å². The number of nitriles is 2. The second-order valence-corrected chi connectivity index (χ2v) is 4.23. The molecule has 0 amide bonds. The highest BCUT2D eigenvalue weighted by molar-refractivity contribution is 5.30. The maximum absolute atomic E-state index is 8.98. The molecule has 0 unspecified atom stereocenters. The summed E-state index contributed by atoms with van der Waals surface area (Å²) < 4.78 is 0. The lowest BCUT2D eigenvalue weighted by Gasteiger charge is -2.20. The molecule has 0 saturated heterocycles. The van der Waals surface area contributed by atoms with Gasteiger partial charge >= 0.3 is 0 Å². The van der Waals surface area contributed by atoms with Gasteiger partial charge in [0, 0.05) is 37.3 Å². The van der Waals surface area contributed by atoms with Crippen LogP contribution >= 0.6 is 0 Å². The summed E-state index contributed by atoms with van der Waals surface area (Å²) in [5.74, 6) is 0. The lowest BCUT2D eigenvalue weighted by Crippen LogP contribution is -2.27. The van der Waals surface area contributed by atoms with E-state index in [-0.39, 0.29) is 0 Å². The van der Waals surface area contributed by atoms with Gasteiger partial charge in [-0.3, -0.25) is 4.90 Å². The summed E-state index contributed by atoms with van der Waals surface area (Å²) in [6, 6.07) is 8.67. The molecular weight excluding hydrogens is 212 g/mol. The molecule has 4 nitrogen and oxygen atoms in total. The number of pyridine rings is 1.